The van der Waals surface area contributed by atoms with E-state index in [1.165, 1.54) is 17.7 Å². The van der Waals surface area contributed by atoms with Gasteiger partial charge in [0.05, 0.1) is 11.4 Å². The highest BCUT2D eigenvalue weighted by Crippen LogP contribution is 2.21. The highest BCUT2D eigenvalue weighted by Gasteiger charge is 2.21. The van der Waals surface area contributed by atoms with Crippen molar-refractivity contribution in [2.45, 2.75) is 11.4 Å². The predicted molar refractivity (Wildman–Crippen MR) is 79.0 cm³/mol. The van der Waals surface area contributed by atoms with E-state index in [9.17, 15) is 8.42 Å². The van der Waals surface area contributed by atoms with E-state index in [1.807, 2.05) is 30.3 Å². The van der Waals surface area contributed by atoms with Crippen molar-refractivity contribution < 1.29 is 8.42 Å². The maximum Gasteiger partial charge on any atom is 0.243 e. The molecular formula is C14H14N4O2S. The fourth-order valence-electron chi connectivity index (χ4n) is 2.11. The lowest BCUT2D eigenvalue weighted by atomic mass is 10.1. The zero-order chi connectivity index (χ0) is 14.9. The zero-order valence-corrected chi connectivity index (χ0v) is 12.2. The van der Waals surface area contributed by atoms with E-state index in [0.29, 0.717) is 5.82 Å². The average Bonchev–Trinajstić information content (AvgIpc) is 2.99. The van der Waals surface area contributed by atoms with Crippen LogP contribution in [0, 0.1) is 0 Å². The number of nitrogens with zero attached hydrogens (tertiary/aromatic N) is 3. The molecular weight excluding hydrogens is 288 g/mol. The Kier molecular flexibility index (Phi) is 3.44. The fraction of sp³-hybridized carbons (Fsp3) is 0.143. The number of fused-ring (bicyclic) bond motifs is 1. The van der Waals surface area contributed by atoms with Gasteiger partial charge in [0, 0.05) is 7.05 Å². The molecule has 0 radical (unpaired) electrons. The first-order valence-electron chi connectivity index (χ1n) is 6.37. The second-order valence-corrected chi connectivity index (χ2v) is 6.75. The first-order valence-corrected chi connectivity index (χ1v) is 7.81. The zero-order valence-electron chi connectivity index (χ0n) is 11.4. The molecule has 3 rings (SSSR count). The van der Waals surface area contributed by atoms with Gasteiger partial charge in [-0.2, -0.15) is 9.40 Å². The Morgan fingerprint density at radius 1 is 1.14 bits per heavy atom. The van der Waals surface area contributed by atoms with Gasteiger partial charge in [-0.3, -0.25) is 5.10 Å². The number of aromatic amines is 1. The molecule has 7 heteroatoms. The highest BCUT2D eigenvalue weighted by molar-refractivity contribution is 7.89. The lowest BCUT2D eigenvalue weighted by molar-refractivity contribution is 0.457. The third kappa shape index (κ3) is 2.65. The van der Waals surface area contributed by atoms with E-state index >= 15 is 0 Å². The quantitative estimate of drug-likeness (QED) is 0.796. The van der Waals surface area contributed by atoms with Crippen molar-refractivity contribution in [1.29, 1.82) is 0 Å². The van der Waals surface area contributed by atoms with Gasteiger partial charge in [-0.05, 0) is 22.9 Å². The van der Waals surface area contributed by atoms with Gasteiger partial charge in [0.2, 0.25) is 10.0 Å². The van der Waals surface area contributed by atoms with E-state index in [0.717, 1.165) is 10.8 Å². The summed E-state index contributed by atoms with van der Waals surface area (Å²) in [6.45, 7) is 0.148. The molecule has 1 aromatic heterocycles. The first kappa shape index (κ1) is 13.7. The van der Waals surface area contributed by atoms with Crippen molar-refractivity contribution >= 4 is 20.8 Å². The van der Waals surface area contributed by atoms with Crippen molar-refractivity contribution in [3.8, 4) is 0 Å². The van der Waals surface area contributed by atoms with Gasteiger partial charge in [0.15, 0.2) is 0 Å². The topological polar surface area (TPSA) is 79.0 Å². The molecule has 2 aromatic carbocycles. The number of aromatic nitrogens is 3. The van der Waals surface area contributed by atoms with Crippen molar-refractivity contribution in [3.63, 3.8) is 0 Å². The van der Waals surface area contributed by atoms with Crippen molar-refractivity contribution in [3.05, 3.63) is 54.6 Å². The number of H-pyrrole nitrogens is 1. The summed E-state index contributed by atoms with van der Waals surface area (Å²) in [4.78, 5) is 4.21. The van der Waals surface area contributed by atoms with Crippen LogP contribution in [-0.2, 0) is 16.6 Å². The van der Waals surface area contributed by atoms with Crippen molar-refractivity contribution in [2.24, 2.45) is 0 Å². The highest BCUT2D eigenvalue weighted by atomic mass is 32.2. The van der Waals surface area contributed by atoms with Crippen molar-refractivity contribution in [2.75, 3.05) is 7.05 Å². The van der Waals surface area contributed by atoms with Crippen LogP contribution in [0.1, 0.15) is 5.82 Å². The Hall–Kier alpha value is -2.25. The average molecular weight is 302 g/mol. The minimum absolute atomic E-state index is 0.148. The first-order chi connectivity index (χ1) is 10.1. The summed E-state index contributed by atoms with van der Waals surface area (Å²) < 4.78 is 26.4. The maximum atomic E-state index is 12.6. The number of benzene rings is 2. The van der Waals surface area contributed by atoms with Gasteiger partial charge in [-0.1, -0.05) is 30.3 Å². The monoisotopic (exact) mass is 302 g/mol. The minimum atomic E-state index is -3.56. The lowest BCUT2D eigenvalue weighted by Crippen LogP contribution is -2.27. The molecule has 6 nitrogen and oxygen atoms in total. The van der Waals surface area contributed by atoms with Gasteiger partial charge in [-0.25, -0.2) is 13.4 Å². The summed E-state index contributed by atoms with van der Waals surface area (Å²) in [5, 5.41) is 8.27. The SMILES string of the molecule is CN(Cc1ncn[nH]1)S(=O)(=O)c1ccc2ccccc2c1. The smallest absolute Gasteiger partial charge is 0.243 e. The van der Waals surface area contributed by atoms with Gasteiger partial charge < -0.3 is 0 Å². The fourth-order valence-corrected chi connectivity index (χ4v) is 3.28. The molecule has 0 spiro atoms. The second-order valence-electron chi connectivity index (χ2n) is 4.70. The predicted octanol–water partition coefficient (Wildman–Crippen LogP) is 1.78. The molecule has 0 saturated carbocycles. The second kappa shape index (κ2) is 5.27. The summed E-state index contributed by atoms with van der Waals surface area (Å²) in [6.07, 6.45) is 1.35. The summed E-state index contributed by atoms with van der Waals surface area (Å²) in [7, 11) is -2.04. The molecule has 21 heavy (non-hydrogen) atoms. The van der Waals surface area contributed by atoms with Gasteiger partial charge >= 0.3 is 0 Å². The molecule has 0 bridgehead atoms. The molecule has 0 aliphatic heterocycles. The summed E-state index contributed by atoms with van der Waals surface area (Å²) >= 11 is 0. The van der Waals surface area contributed by atoms with Crippen LogP contribution in [0.3, 0.4) is 0 Å². The van der Waals surface area contributed by atoms with Crippen LogP contribution >= 0.6 is 0 Å². The van der Waals surface area contributed by atoms with E-state index in [-0.39, 0.29) is 11.4 Å². The third-order valence-electron chi connectivity index (χ3n) is 3.27. The van der Waals surface area contributed by atoms with Crippen LogP contribution in [-0.4, -0.2) is 35.0 Å². The molecule has 0 fully saturated rings. The molecule has 0 aliphatic rings. The number of hydrogen-bond donors (Lipinski definition) is 1. The Morgan fingerprint density at radius 3 is 2.62 bits per heavy atom. The molecule has 1 N–H and O–H groups in total. The molecule has 0 atom stereocenters. The van der Waals surface area contributed by atoms with Gasteiger partial charge in [0.25, 0.3) is 0 Å². The van der Waals surface area contributed by atoms with Crippen molar-refractivity contribution in [1.82, 2.24) is 19.5 Å². The van der Waals surface area contributed by atoms with Crippen LogP contribution in [0.25, 0.3) is 10.8 Å². The normalized spacial score (nSPS) is 12.1. The molecule has 0 amide bonds. The number of sulfonamides is 1. The van der Waals surface area contributed by atoms with Crippen LogP contribution in [0.15, 0.2) is 53.7 Å². The standard InChI is InChI=1S/C14H14N4O2S/c1-18(9-14-15-10-16-17-14)21(19,20)13-7-6-11-4-2-3-5-12(11)8-13/h2-8,10H,9H2,1H3,(H,15,16,17). The number of rotatable bonds is 4. The van der Waals surface area contributed by atoms with Crippen LogP contribution in [0.5, 0.6) is 0 Å². The molecule has 0 unspecified atom stereocenters. The molecule has 1 heterocycles. The Balaban J connectivity index is 1.95. The summed E-state index contributed by atoms with van der Waals surface area (Å²) in [6, 6.07) is 12.8. The number of hydrogen-bond acceptors (Lipinski definition) is 4. The largest absolute Gasteiger partial charge is 0.262 e. The minimum Gasteiger partial charge on any atom is -0.262 e. The van der Waals surface area contributed by atoms with E-state index in [2.05, 4.69) is 15.2 Å². The van der Waals surface area contributed by atoms with E-state index < -0.39 is 10.0 Å². The van der Waals surface area contributed by atoms with Crippen LogP contribution in [0.2, 0.25) is 0 Å². The Bertz CT molecular complexity index is 860. The molecule has 108 valence electrons. The van der Waals surface area contributed by atoms with Crippen LogP contribution in [0.4, 0.5) is 0 Å². The van der Waals surface area contributed by atoms with Crippen LogP contribution < -0.4 is 0 Å². The van der Waals surface area contributed by atoms with E-state index in [1.54, 1.807) is 12.1 Å². The Morgan fingerprint density at radius 2 is 1.90 bits per heavy atom. The molecule has 3 aromatic rings. The third-order valence-corrected chi connectivity index (χ3v) is 5.07. The van der Waals surface area contributed by atoms with Gasteiger partial charge in [-0.15, -0.1) is 0 Å². The number of nitrogens with one attached hydrogen (secondary N) is 1. The summed E-state index contributed by atoms with van der Waals surface area (Å²) in [5.41, 5.74) is 0. The maximum absolute atomic E-state index is 12.6. The summed E-state index contributed by atoms with van der Waals surface area (Å²) in [5.74, 6) is 0.502. The lowest BCUT2D eigenvalue weighted by Gasteiger charge is -2.16. The van der Waals surface area contributed by atoms with E-state index in [4.69, 9.17) is 0 Å². The Labute approximate surface area is 122 Å². The molecule has 0 saturated heterocycles. The van der Waals surface area contributed by atoms with Gasteiger partial charge in [0.1, 0.15) is 12.2 Å². The molecule has 0 aliphatic carbocycles.